The van der Waals surface area contributed by atoms with Crippen LogP contribution in [0.5, 0.6) is 0 Å². The van der Waals surface area contributed by atoms with E-state index in [1.807, 2.05) is 13.8 Å². The summed E-state index contributed by atoms with van der Waals surface area (Å²) in [5, 5.41) is 13.8. The van der Waals surface area contributed by atoms with E-state index in [1.54, 1.807) is 54.6 Å². The van der Waals surface area contributed by atoms with E-state index in [0.717, 1.165) is 4.90 Å². The van der Waals surface area contributed by atoms with Gasteiger partial charge >= 0.3 is 5.97 Å². The number of aldehydes is 1. The highest BCUT2D eigenvalue weighted by Crippen LogP contribution is 2.36. The number of fused-ring (bicyclic) bond motifs is 1. The summed E-state index contributed by atoms with van der Waals surface area (Å²) in [5.41, 5.74) is 0.847. The lowest BCUT2D eigenvalue weighted by molar-refractivity contribution is -0.138. The Labute approximate surface area is 213 Å². The lowest BCUT2D eigenvalue weighted by Gasteiger charge is -2.41. The molecular formula is C26H28N4O7. The van der Waals surface area contributed by atoms with Crippen molar-refractivity contribution in [2.45, 2.75) is 38.9 Å². The molecule has 1 aliphatic heterocycles. The molecular weight excluding hydrogens is 480 g/mol. The minimum Gasteiger partial charge on any atom is -0.481 e. The second-order valence-corrected chi connectivity index (χ2v) is 8.92. The number of carboxylic acids is 1. The fraction of sp³-hybridized carbons (Fsp3) is 0.308. The van der Waals surface area contributed by atoms with Crippen LogP contribution < -0.4 is 20.4 Å². The molecule has 0 aliphatic carbocycles. The minimum absolute atomic E-state index is 0.0291. The maximum Gasteiger partial charge on any atom is 0.305 e. The first-order chi connectivity index (χ1) is 17.6. The second-order valence-electron chi connectivity index (χ2n) is 8.92. The molecule has 0 spiro atoms. The maximum atomic E-state index is 13.7. The van der Waals surface area contributed by atoms with Crippen LogP contribution in [0.3, 0.4) is 0 Å². The average Bonchev–Trinajstić information content (AvgIpc) is 2.85. The third kappa shape index (κ3) is 6.57. The number of carbonyl (C=O) groups excluding carboxylic acids is 5. The van der Waals surface area contributed by atoms with Crippen molar-refractivity contribution in [3.05, 3.63) is 60.2 Å². The topological polar surface area (TPSA) is 153 Å². The van der Waals surface area contributed by atoms with E-state index < -0.39 is 48.9 Å². The number of hydrogen-bond acceptors (Lipinski definition) is 6. The number of aliphatic carboxylic acids is 1. The molecule has 1 heterocycles. The molecule has 0 saturated carbocycles. The summed E-state index contributed by atoms with van der Waals surface area (Å²) in [4.78, 5) is 77.1. The number of hydrogen-bond donors (Lipinski definition) is 3. The zero-order valence-electron chi connectivity index (χ0n) is 20.4. The quantitative estimate of drug-likeness (QED) is 0.409. The van der Waals surface area contributed by atoms with Crippen LogP contribution >= 0.6 is 0 Å². The van der Waals surface area contributed by atoms with Crippen LogP contribution in [0.1, 0.15) is 37.0 Å². The Balaban J connectivity index is 1.98. The van der Waals surface area contributed by atoms with Crippen molar-refractivity contribution >= 4 is 47.3 Å². The van der Waals surface area contributed by atoms with Crippen LogP contribution in [0.2, 0.25) is 0 Å². The average molecular weight is 509 g/mol. The van der Waals surface area contributed by atoms with Gasteiger partial charge in [0.05, 0.1) is 23.8 Å². The summed E-state index contributed by atoms with van der Waals surface area (Å²) in [5.74, 6) is -3.81. The summed E-state index contributed by atoms with van der Waals surface area (Å²) >= 11 is 0. The van der Waals surface area contributed by atoms with Gasteiger partial charge in [0, 0.05) is 12.0 Å². The van der Waals surface area contributed by atoms with Gasteiger partial charge in [-0.15, -0.1) is 0 Å². The van der Waals surface area contributed by atoms with E-state index in [2.05, 4.69) is 10.6 Å². The summed E-state index contributed by atoms with van der Waals surface area (Å²) in [6.45, 7) is 3.14. The fourth-order valence-corrected chi connectivity index (χ4v) is 3.94. The summed E-state index contributed by atoms with van der Waals surface area (Å²) in [6, 6.07) is 13.3. The molecule has 194 valence electrons. The lowest BCUT2D eigenvalue weighted by atomic mass is 10.1. The highest BCUT2D eigenvalue weighted by molar-refractivity contribution is 6.16. The molecule has 4 amide bonds. The van der Waals surface area contributed by atoms with E-state index in [4.69, 9.17) is 5.11 Å². The number of carbonyl (C=O) groups is 6. The normalized spacial score (nSPS) is 15.5. The Bertz CT molecular complexity index is 1200. The van der Waals surface area contributed by atoms with Gasteiger partial charge in [0.25, 0.3) is 11.8 Å². The number of nitrogens with zero attached hydrogens (tertiary/aromatic N) is 2. The Morgan fingerprint density at radius 3 is 2.19 bits per heavy atom. The van der Waals surface area contributed by atoms with Crippen LogP contribution in [-0.4, -0.2) is 59.7 Å². The zero-order chi connectivity index (χ0) is 27.1. The van der Waals surface area contributed by atoms with Crippen LogP contribution in [-0.2, 0) is 24.0 Å². The molecule has 1 unspecified atom stereocenters. The predicted octanol–water partition coefficient (Wildman–Crippen LogP) is 1.33. The predicted molar refractivity (Wildman–Crippen MR) is 134 cm³/mol. The second kappa shape index (κ2) is 11.9. The van der Waals surface area contributed by atoms with Crippen LogP contribution in [0.25, 0.3) is 0 Å². The van der Waals surface area contributed by atoms with Crippen molar-refractivity contribution in [1.82, 2.24) is 10.6 Å². The first-order valence-electron chi connectivity index (χ1n) is 11.7. The largest absolute Gasteiger partial charge is 0.481 e. The number of carboxylic acid groups (broad SMARTS) is 1. The molecule has 0 saturated heterocycles. The number of nitrogens with one attached hydrogen (secondary N) is 2. The maximum absolute atomic E-state index is 13.7. The van der Waals surface area contributed by atoms with Gasteiger partial charge in [-0.25, -0.2) is 0 Å². The van der Waals surface area contributed by atoms with Crippen LogP contribution in [0.4, 0.5) is 11.4 Å². The van der Waals surface area contributed by atoms with Gasteiger partial charge in [-0.1, -0.05) is 44.2 Å². The van der Waals surface area contributed by atoms with Crippen molar-refractivity contribution in [3.63, 3.8) is 0 Å². The Hall–Kier alpha value is -4.54. The first-order valence-corrected chi connectivity index (χ1v) is 11.7. The summed E-state index contributed by atoms with van der Waals surface area (Å²) in [6.07, 6.45) is -1.65. The van der Waals surface area contributed by atoms with E-state index in [1.165, 1.54) is 4.90 Å². The third-order valence-electron chi connectivity index (χ3n) is 5.55. The highest BCUT2D eigenvalue weighted by Gasteiger charge is 2.43. The van der Waals surface area contributed by atoms with Crippen molar-refractivity contribution in [3.8, 4) is 0 Å². The third-order valence-corrected chi connectivity index (χ3v) is 5.55. The van der Waals surface area contributed by atoms with Gasteiger partial charge in [0.15, 0.2) is 6.17 Å². The van der Waals surface area contributed by atoms with Gasteiger partial charge in [-0.3, -0.25) is 33.8 Å². The molecule has 37 heavy (non-hydrogen) atoms. The molecule has 3 rings (SSSR count). The zero-order valence-corrected chi connectivity index (χ0v) is 20.4. The molecule has 11 heteroatoms. The van der Waals surface area contributed by atoms with Crippen molar-refractivity contribution in [2.24, 2.45) is 5.92 Å². The number of amides is 4. The highest BCUT2D eigenvalue weighted by atomic mass is 16.4. The van der Waals surface area contributed by atoms with Gasteiger partial charge in [0.1, 0.15) is 12.8 Å². The molecule has 3 N–H and O–H groups in total. The van der Waals surface area contributed by atoms with E-state index >= 15 is 0 Å². The van der Waals surface area contributed by atoms with Crippen molar-refractivity contribution in [2.75, 3.05) is 16.3 Å². The number of rotatable bonds is 10. The standard InChI is InChI=1S/C26H28N4O7/c1-16(2)12-22(33)30-20-11-7-6-10-19(20)29(14-21(32)27-18(15-31)13-23(34)35)26(37)24(30)28-25(36)17-8-4-3-5-9-17/h3-11,15-16,18,24H,12-14H2,1-2H3,(H,27,32)(H,28,36)(H,34,35)/t18-,24?/m0/s1. The number of para-hydroxylation sites is 2. The Kier molecular flexibility index (Phi) is 8.72. The van der Waals surface area contributed by atoms with Crippen molar-refractivity contribution in [1.29, 1.82) is 0 Å². The molecule has 11 nitrogen and oxygen atoms in total. The van der Waals surface area contributed by atoms with E-state index in [9.17, 15) is 28.8 Å². The van der Waals surface area contributed by atoms with Gasteiger partial charge in [0.2, 0.25) is 11.8 Å². The number of benzene rings is 2. The fourth-order valence-electron chi connectivity index (χ4n) is 3.94. The minimum atomic E-state index is -1.44. The Morgan fingerprint density at radius 2 is 1.59 bits per heavy atom. The van der Waals surface area contributed by atoms with Crippen LogP contribution in [0.15, 0.2) is 54.6 Å². The smallest absolute Gasteiger partial charge is 0.305 e. The van der Waals surface area contributed by atoms with Crippen molar-refractivity contribution < 1.29 is 33.9 Å². The molecule has 2 aromatic carbocycles. The van der Waals surface area contributed by atoms with E-state index in [0.29, 0.717) is 12.0 Å². The van der Waals surface area contributed by atoms with Crippen LogP contribution in [0, 0.1) is 5.92 Å². The first kappa shape index (κ1) is 27.1. The molecule has 0 aromatic heterocycles. The lowest BCUT2D eigenvalue weighted by Crippen LogP contribution is -2.64. The molecule has 0 radical (unpaired) electrons. The van der Waals surface area contributed by atoms with Gasteiger partial charge in [-0.2, -0.15) is 0 Å². The molecule has 1 aliphatic rings. The SMILES string of the molecule is CC(C)CC(=O)N1c2ccccc2N(CC(=O)N[C@H](C=O)CC(=O)O)C(=O)C1NC(=O)c1ccccc1. The Morgan fingerprint density at radius 1 is 0.973 bits per heavy atom. The van der Waals surface area contributed by atoms with Gasteiger partial charge < -0.3 is 20.5 Å². The molecule has 0 bridgehead atoms. The number of anilines is 2. The molecule has 0 fully saturated rings. The molecule has 2 atom stereocenters. The summed E-state index contributed by atoms with van der Waals surface area (Å²) in [7, 11) is 0. The summed E-state index contributed by atoms with van der Waals surface area (Å²) < 4.78 is 0. The monoisotopic (exact) mass is 508 g/mol. The van der Waals surface area contributed by atoms with E-state index in [-0.39, 0.29) is 29.5 Å². The molecule has 2 aromatic rings. The van der Waals surface area contributed by atoms with Gasteiger partial charge in [-0.05, 0) is 30.2 Å².